The fourth-order valence-corrected chi connectivity index (χ4v) is 2.95. The Hall–Kier alpha value is -1.10. The highest BCUT2D eigenvalue weighted by Gasteiger charge is 2.33. The van der Waals surface area contributed by atoms with Gasteiger partial charge in [0.15, 0.2) is 0 Å². The van der Waals surface area contributed by atoms with Crippen molar-refractivity contribution >= 4 is 11.9 Å². The zero-order valence-corrected chi connectivity index (χ0v) is 11.6. The van der Waals surface area contributed by atoms with E-state index < -0.39 is 5.97 Å². The normalized spacial score (nSPS) is 26.6. The van der Waals surface area contributed by atoms with Gasteiger partial charge in [0.05, 0.1) is 5.92 Å². The average Bonchev–Trinajstić information content (AvgIpc) is 3.09. The van der Waals surface area contributed by atoms with Crippen molar-refractivity contribution in [2.75, 3.05) is 19.6 Å². The van der Waals surface area contributed by atoms with Crippen LogP contribution in [0.3, 0.4) is 0 Å². The Balaban J connectivity index is 1.65. The number of carboxylic acids is 1. The van der Waals surface area contributed by atoms with Crippen LogP contribution in [-0.2, 0) is 9.59 Å². The minimum absolute atomic E-state index is 0.0376. The number of amides is 1. The number of carbonyl (C=O) groups is 2. The highest BCUT2D eigenvalue weighted by molar-refractivity contribution is 5.80. The van der Waals surface area contributed by atoms with Crippen LogP contribution in [0, 0.1) is 11.8 Å². The highest BCUT2D eigenvalue weighted by Crippen LogP contribution is 2.31. The Labute approximate surface area is 114 Å². The minimum Gasteiger partial charge on any atom is -0.481 e. The SMILES string of the molecule is CCN(CCNC(=O)[C@@H]1CC[C@H](C(=O)O)C1)C1CC1. The van der Waals surface area contributed by atoms with E-state index in [0.717, 1.165) is 19.1 Å². The van der Waals surface area contributed by atoms with Crippen LogP contribution in [0.4, 0.5) is 0 Å². The monoisotopic (exact) mass is 268 g/mol. The van der Waals surface area contributed by atoms with Crippen molar-refractivity contribution in [3.8, 4) is 0 Å². The summed E-state index contributed by atoms with van der Waals surface area (Å²) in [4.78, 5) is 25.2. The number of rotatable bonds is 7. The van der Waals surface area contributed by atoms with E-state index in [1.54, 1.807) is 0 Å². The fraction of sp³-hybridized carbons (Fsp3) is 0.857. The molecule has 2 aliphatic rings. The molecule has 5 nitrogen and oxygen atoms in total. The molecule has 19 heavy (non-hydrogen) atoms. The van der Waals surface area contributed by atoms with Crippen LogP contribution in [0.5, 0.6) is 0 Å². The molecular formula is C14H24N2O3. The van der Waals surface area contributed by atoms with Crippen LogP contribution in [0.2, 0.25) is 0 Å². The molecule has 108 valence electrons. The van der Waals surface area contributed by atoms with Gasteiger partial charge < -0.3 is 10.4 Å². The topological polar surface area (TPSA) is 69.6 Å². The van der Waals surface area contributed by atoms with Crippen molar-refractivity contribution in [2.45, 2.75) is 45.1 Å². The third kappa shape index (κ3) is 3.93. The third-order valence-electron chi connectivity index (χ3n) is 4.32. The number of carboxylic acid groups (broad SMARTS) is 1. The fourth-order valence-electron chi connectivity index (χ4n) is 2.95. The molecule has 2 atom stereocenters. The smallest absolute Gasteiger partial charge is 0.306 e. The van der Waals surface area contributed by atoms with Gasteiger partial charge in [0.1, 0.15) is 0 Å². The molecule has 0 saturated heterocycles. The maximum absolute atomic E-state index is 11.9. The van der Waals surface area contributed by atoms with Gasteiger partial charge in [-0.05, 0) is 38.6 Å². The first-order valence-corrected chi connectivity index (χ1v) is 7.36. The molecule has 0 bridgehead atoms. The summed E-state index contributed by atoms with van der Waals surface area (Å²) >= 11 is 0. The van der Waals surface area contributed by atoms with Crippen molar-refractivity contribution < 1.29 is 14.7 Å². The Morgan fingerprint density at radius 1 is 1.21 bits per heavy atom. The molecule has 2 rings (SSSR count). The van der Waals surface area contributed by atoms with E-state index in [1.807, 2.05) is 0 Å². The Kier molecular flexibility index (Phi) is 4.80. The summed E-state index contributed by atoms with van der Waals surface area (Å²) in [7, 11) is 0. The van der Waals surface area contributed by atoms with Gasteiger partial charge >= 0.3 is 5.97 Å². The Morgan fingerprint density at radius 3 is 2.42 bits per heavy atom. The average molecular weight is 268 g/mol. The maximum Gasteiger partial charge on any atom is 0.306 e. The van der Waals surface area contributed by atoms with Crippen LogP contribution >= 0.6 is 0 Å². The summed E-state index contributed by atoms with van der Waals surface area (Å²) in [5.41, 5.74) is 0. The largest absolute Gasteiger partial charge is 0.481 e. The molecule has 0 unspecified atom stereocenters. The van der Waals surface area contributed by atoms with Crippen molar-refractivity contribution in [2.24, 2.45) is 11.8 Å². The number of hydrogen-bond donors (Lipinski definition) is 2. The van der Waals surface area contributed by atoms with Gasteiger partial charge in [-0.25, -0.2) is 0 Å². The lowest BCUT2D eigenvalue weighted by molar-refractivity contribution is -0.141. The van der Waals surface area contributed by atoms with Crippen LogP contribution in [0.15, 0.2) is 0 Å². The molecule has 2 saturated carbocycles. The summed E-state index contributed by atoms with van der Waals surface area (Å²) < 4.78 is 0. The number of carbonyl (C=O) groups excluding carboxylic acids is 1. The third-order valence-corrected chi connectivity index (χ3v) is 4.32. The van der Waals surface area contributed by atoms with E-state index in [1.165, 1.54) is 12.8 Å². The van der Waals surface area contributed by atoms with Gasteiger partial charge in [0.2, 0.25) is 5.91 Å². The van der Waals surface area contributed by atoms with Crippen LogP contribution in [0.25, 0.3) is 0 Å². The lowest BCUT2D eigenvalue weighted by Gasteiger charge is -2.20. The van der Waals surface area contributed by atoms with Gasteiger partial charge in [-0.15, -0.1) is 0 Å². The number of hydrogen-bond acceptors (Lipinski definition) is 3. The first-order valence-electron chi connectivity index (χ1n) is 7.36. The zero-order chi connectivity index (χ0) is 13.8. The predicted molar refractivity (Wildman–Crippen MR) is 71.7 cm³/mol. The molecule has 0 heterocycles. The second-order valence-electron chi connectivity index (χ2n) is 5.70. The number of aliphatic carboxylic acids is 1. The number of nitrogens with one attached hydrogen (secondary N) is 1. The summed E-state index contributed by atoms with van der Waals surface area (Å²) in [6.07, 6.45) is 4.41. The van der Waals surface area contributed by atoms with Gasteiger partial charge in [0, 0.05) is 25.0 Å². The molecule has 0 aromatic carbocycles. The lowest BCUT2D eigenvalue weighted by atomic mass is 10.0. The maximum atomic E-state index is 11.9. The van der Waals surface area contributed by atoms with Crippen molar-refractivity contribution in [3.63, 3.8) is 0 Å². The first-order chi connectivity index (χ1) is 9.11. The van der Waals surface area contributed by atoms with Crippen LogP contribution in [-0.4, -0.2) is 47.6 Å². The molecule has 1 amide bonds. The zero-order valence-electron chi connectivity index (χ0n) is 11.6. The van der Waals surface area contributed by atoms with Crippen molar-refractivity contribution in [1.29, 1.82) is 0 Å². The molecule has 5 heteroatoms. The quantitative estimate of drug-likeness (QED) is 0.725. The van der Waals surface area contributed by atoms with Gasteiger partial charge in [-0.3, -0.25) is 14.5 Å². The molecular weight excluding hydrogens is 244 g/mol. The molecule has 0 aliphatic heterocycles. The van der Waals surface area contributed by atoms with Crippen molar-refractivity contribution in [3.05, 3.63) is 0 Å². The molecule has 2 aliphatic carbocycles. The minimum atomic E-state index is -0.763. The van der Waals surface area contributed by atoms with Crippen molar-refractivity contribution in [1.82, 2.24) is 10.2 Å². The second-order valence-corrected chi connectivity index (χ2v) is 5.70. The number of nitrogens with zero attached hydrogens (tertiary/aromatic N) is 1. The van der Waals surface area contributed by atoms with E-state index in [-0.39, 0.29) is 17.7 Å². The molecule has 0 spiro atoms. The van der Waals surface area contributed by atoms with Gasteiger partial charge in [0.25, 0.3) is 0 Å². The summed E-state index contributed by atoms with van der Waals surface area (Å²) in [6.45, 7) is 4.76. The standard InChI is InChI=1S/C14H24N2O3/c1-2-16(12-5-6-12)8-7-15-13(17)10-3-4-11(9-10)14(18)19/h10-12H,2-9H2,1H3,(H,15,17)(H,18,19)/t10-,11+/m1/s1. The molecule has 0 aromatic rings. The predicted octanol–water partition coefficient (Wildman–Crippen LogP) is 1.09. The highest BCUT2D eigenvalue weighted by atomic mass is 16.4. The van der Waals surface area contributed by atoms with Gasteiger partial charge in [-0.1, -0.05) is 6.92 Å². The van der Waals surface area contributed by atoms with E-state index >= 15 is 0 Å². The summed E-state index contributed by atoms with van der Waals surface area (Å²) in [5, 5.41) is 11.9. The van der Waals surface area contributed by atoms with E-state index in [0.29, 0.717) is 25.8 Å². The van der Waals surface area contributed by atoms with Crippen LogP contribution in [0.1, 0.15) is 39.0 Å². The molecule has 0 aromatic heterocycles. The van der Waals surface area contributed by atoms with Crippen LogP contribution < -0.4 is 5.32 Å². The summed E-state index contributed by atoms with van der Waals surface area (Å²) in [5.74, 6) is -1.15. The number of likely N-dealkylation sites (N-methyl/N-ethyl adjacent to an activating group) is 1. The lowest BCUT2D eigenvalue weighted by Crippen LogP contribution is -2.38. The second kappa shape index (κ2) is 6.37. The van der Waals surface area contributed by atoms with Gasteiger partial charge in [-0.2, -0.15) is 0 Å². The Morgan fingerprint density at radius 2 is 1.89 bits per heavy atom. The summed E-state index contributed by atoms with van der Waals surface area (Å²) in [6, 6.07) is 0.727. The van der Waals surface area contributed by atoms with E-state index in [2.05, 4.69) is 17.1 Å². The Bertz CT molecular complexity index is 342. The molecule has 2 fully saturated rings. The van der Waals surface area contributed by atoms with E-state index in [9.17, 15) is 9.59 Å². The molecule has 2 N–H and O–H groups in total. The first kappa shape index (κ1) is 14.3. The van der Waals surface area contributed by atoms with E-state index in [4.69, 9.17) is 5.11 Å². The molecule has 0 radical (unpaired) electrons.